The van der Waals surface area contributed by atoms with Crippen LogP contribution in [0.4, 0.5) is 0 Å². The molecular formula is C10H13N5O2. The Morgan fingerprint density at radius 3 is 3.18 bits per heavy atom. The summed E-state index contributed by atoms with van der Waals surface area (Å²) in [5, 5.41) is 9.55. The Morgan fingerprint density at radius 1 is 1.59 bits per heavy atom. The number of carbonyl (C=O) groups is 1. The second kappa shape index (κ2) is 5.26. The van der Waals surface area contributed by atoms with E-state index in [1.165, 1.54) is 6.20 Å². The first-order chi connectivity index (χ1) is 8.29. The van der Waals surface area contributed by atoms with Crippen molar-refractivity contribution in [2.75, 3.05) is 7.11 Å². The van der Waals surface area contributed by atoms with Gasteiger partial charge in [-0.05, 0) is 6.07 Å². The molecule has 3 N–H and O–H groups in total. The van der Waals surface area contributed by atoms with Crippen LogP contribution in [-0.2, 0) is 17.9 Å². The number of nitrogens with one attached hydrogen (secondary N) is 3. The van der Waals surface area contributed by atoms with Crippen LogP contribution in [0.25, 0.3) is 0 Å². The number of rotatable bonds is 5. The average molecular weight is 235 g/mol. The van der Waals surface area contributed by atoms with E-state index in [2.05, 4.69) is 25.5 Å². The summed E-state index contributed by atoms with van der Waals surface area (Å²) < 4.78 is 4.94. The molecule has 0 aliphatic heterocycles. The lowest BCUT2D eigenvalue weighted by molar-refractivity contribution is 0.0941. The summed E-state index contributed by atoms with van der Waals surface area (Å²) >= 11 is 0. The highest BCUT2D eigenvalue weighted by Crippen LogP contribution is 2.00. The zero-order chi connectivity index (χ0) is 12.1. The largest absolute Gasteiger partial charge is 0.378 e. The van der Waals surface area contributed by atoms with Crippen molar-refractivity contribution in [3.63, 3.8) is 0 Å². The van der Waals surface area contributed by atoms with E-state index in [1.807, 2.05) is 6.07 Å². The summed E-state index contributed by atoms with van der Waals surface area (Å²) in [7, 11) is 1.60. The summed E-state index contributed by atoms with van der Waals surface area (Å²) in [5.74, 6) is 0.0412. The van der Waals surface area contributed by atoms with Crippen molar-refractivity contribution in [2.24, 2.45) is 0 Å². The third-order valence-electron chi connectivity index (χ3n) is 2.13. The molecule has 2 aromatic rings. The zero-order valence-corrected chi connectivity index (χ0v) is 9.36. The number of carbonyl (C=O) groups excluding carboxylic acids is 1. The quantitative estimate of drug-likeness (QED) is 0.690. The third kappa shape index (κ3) is 2.91. The Morgan fingerprint density at radius 2 is 2.47 bits per heavy atom. The number of amides is 1. The lowest BCUT2D eigenvalue weighted by atomic mass is 10.3. The lowest BCUT2D eigenvalue weighted by Crippen LogP contribution is -2.24. The monoisotopic (exact) mass is 235 g/mol. The van der Waals surface area contributed by atoms with Crippen molar-refractivity contribution in [1.82, 2.24) is 25.5 Å². The first kappa shape index (κ1) is 11.3. The Balaban J connectivity index is 1.87. The summed E-state index contributed by atoms with van der Waals surface area (Å²) in [6.45, 7) is 0.818. The van der Waals surface area contributed by atoms with E-state index in [0.717, 1.165) is 11.4 Å². The van der Waals surface area contributed by atoms with Crippen LogP contribution in [0, 0.1) is 0 Å². The molecule has 90 valence electrons. The molecule has 0 unspecified atom stereocenters. The smallest absolute Gasteiger partial charge is 0.287 e. The van der Waals surface area contributed by atoms with E-state index < -0.39 is 0 Å². The molecule has 0 atom stereocenters. The van der Waals surface area contributed by atoms with Gasteiger partial charge in [0.2, 0.25) is 0 Å². The van der Waals surface area contributed by atoms with Crippen LogP contribution in [0.15, 0.2) is 18.5 Å². The molecular weight excluding hydrogens is 222 g/mol. The Kier molecular flexibility index (Phi) is 3.51. The maximum atomic E-state index is 11.5. The maximum Gasteiger partial charge on any atom is 0.287 e. The molecule has 0 aliphatic rings. The molecule has 0 radical (unpaired) electrons. The topological polar surface area (TPSA) is 95.7 Å². The maximum absolute atomic E-state index is 11.5. The molecule has 1 amide bonds. The second-order valence-electron chi connectivity index (χ2n) is 3.44. The van der Waals surface area contributed by atoms with Gasteiger partial charge in [-0.3, -0.25) is 9.89 Å². The van der Waals surface area contributed by atoms with Crippen molar-refractivity contribution < 1.29 is 9.53 Å². The normalized spacial score (nSPS) is 10.4. The molecule has 2 aromatic heterocycles. The van der Waals surface area contributed by atoms with Crippen molar-refractivity contribution >= 4 is 5.91 Å². The predicted molar refractivity (Wildman–Crippen MR) is 59.1 cm³/mol. The number of H-pyrrole nitrogens is 2. The van der Waals surface area contributed by atoms with Gasteiger partial charge in [0, 0.05) is 19.5 Å². The van der Waals surface area contributed by atoms with E-state index in [-0.39, 0.29) is 5.91 Å². The van der Waals surface area contributed by atoms with Crippen molar-refractivity contribution in [1.29, 1.82) is 0 Å². The Labute approximate surface area is 97.6 Å². The van der Waals surface area contributed by atoms with Crippen LogP contribution in [0.1, 0.15) is 22.0 Å². The van der Waals surface area contributed by atoms with E-state index in [0.29, 0.717) is 19.0 Å². The molecule has 0 spiro atoms. The highest BCUT2D eigenvalue weighted by atomic mass is 16.5. The number of hydrogen-bond acceptors (Lipinski definition) is 4. The van der Waals surface area contributed by atoms with Crippen LogP contribution >= 0.6 is 0 Å². The van der Waals surface area contributed by atoms with E-state index in [9.17, 15) is 4.79 Å². The van der Waals surface area contributed by atoms with Gasteiger partial charge in [-0.2, -0.15) is 5.10 Å². The van der Waals surface area contributed by atoms with Crippen LogP contribution in [0.3, 0.4) is 0 Å². The van der Waals surface area contributed by atoms with Gasteiger partial charge in [0.05, 0.1) is 24.5 Å². The number of hydrogen-bond donors (Lipinski definition) is 3. The fraction of sp³-hybridized carbons (Fsp3) is 0.300. The SMILES string of the molecule is COCc1cc(CNC(=O)c2ncc[nH]2)[nH]n1. The molecule has 0 aromatic carbocycles. The van der Waals surface area contributed by atoms with Gasteiger partial charge in [-0.25, -0.2) is 4.98 Å². The number of nitrogens with zero attached hydrogens (tertiary/aromatic N) is 2. The molecule has 0 saturated carbocycles. The highest BCUT2D eigenvalue weighted by Gasteiger charge is 2.08. The minimum atomic E-state index is -0.252. The number of ether oxygens (including phenoxy) is 1. The van der Waals surface area contributed by atoms with Gasteiger partial charge < -0.3 is 15.0 Å². The van der Waals surface area contributed by atoms with Gasteiger partial charge in [0.15, 0.2) is 5.82 Å². The van der Waals surface area contributed by atoms with Gasteiger partial charge in [-0.1, -0.05) is 0 Å². The Bertz CT molecular complexity index is 477. The van der Waals surface area contributed by atoms with Crippen LogP contribution < -0.4 is 5.32 Å². The van der Waals surface area contributed by atoms with Crippen molar-refractivity contribution in [2.45, 2.75) is 13.2 Å². The van der Waals surface area contributed by atoms with Crippen LogP contribution in [0.2, 0.25) is 0 Å². The standard InChI is InChI=1S/C10H13N5O2/c1-17-6-8-4-7(14-15-8)5-13-10(16)9-11-2-3-12-9/h2-4H,5-6H2,1H3,(H,11,12)(H,13,16)(H,14,15). The molecule has 7 heteroatoms. The van der Waals surface area contributed by atoms with Crippen molar-refractivity contribution in [3.8, 4) is 0 Å². The first-order valence-corrected chi connectivity index (χ1v) is 5.09. The molecule has 0 bridgehead atoms. The van der Waals surface area contributed by atoms with Crippen molar-refractivity contribution in [3.05, 3.63) is 35.7 Å². The Hall–Kier alpha value is -2.15. The van der Waals surface area contributed by atoms with E-state index >= 15 is 0 Å². The molecule has 2 rings (SSSR count). The minimum Gasteiger partial charge on any atom is -0.378 e. The summed E-state index contributed by atoms with van der Waals surface area (Å²) in [5.41, 5.74) is 1.62. The fourth-order valence-electron chi connectivity index (χ4n) is 1.37. The molecule has 7 nitrogen and oxygen atoms in total. The highest BCUT2D eigenvalue weighted by molar-refractivity contribution is 5.90. The summed E-state index contributed by atoms with van der Waals surface area (Å²) in [6.07, 6.45) is 3.13. The van der Waals surface area contributed by atoms with Gasteiger partial charge in [-0.15, -0.1) is 0 Å². The average Bonchev–Trinajstić information content (AvgIpc) is 2.97. The third-order valence-corrected chi connectivity index (χ3v) is 2.13. The first-order valence-electron chi connectivity index (χ1n) is 5.09. The van der Waals surface area contributed by atoms with Gasteiger partial charge in [0.1, 0.15) is 0 Å². The summed E-state index contributed by atoms with van der Waals surface area (Å²) in [6, 6.07) is 1.84. The number of methoxy groups -OCH3 is 1. The molecule has 0 aliphatic carbocycles. The molecule has 2 heterocycles. The van der Waals surface area contributed by atoms with Crippen LogP contribution in [0.5, 0.6) is 0 Å². The van der Waals surface area contributed by atoms with E-state index in [1.54, 1.807) is 13.3 Å². The number of aromatic nitrogens is 4. The zero-order valence-electron chi connectivity index (χ0n) is 9.36. The van der Waals surface area contributed by atoms with Gasteiger partial charge >= 0.3 is 0 Å². The fourth-order valence-corrected chi connectivity index (χ4v) is 1.37. The summed E-state index contributed by atoms with van der Waals surface area (Å²) in [4.78, 5) is 18.1. The predicted octanol–water partition coefficient (Wildman–Crippen LogP) is 0.209. The number of imidazole rings is 1. The van der Waals surface area contributed by atoms with Gasteiger partial charge in [0.25, 0.3) is 5.91 Å². The second-order valence-corrected chi connectivity index (χ2v) is 3.44. The molecule has 0 fully saturated rings. The molecule has 0 saturated heterocycles. The van der Waals surface area contributed by atoms with E-state index in [4.69, 9.17) is 4.74 Å². The molecule has 17 heavy (non-hydrogen) atoms. The van der Waals surface area contributed by atoms with Crippen LogP contribution in [-0.4, -0.2) is 33.2 Å². The lowest BCUT2D eigenvalue weighted by Gasteiger charge is -1.99. The minimum absolute atomic E-state index is 0.252. The number of aromatic amines is 2.